The Kier molecular flexibility index (Phi) is 10.4. The molecule has 1 atom stereocenters. The first kappa shape index (κ1) is 30.2. The molecule has 2 aliphatic rings. The van der Waals surface area contributed by atoms with Gasteiger partial charge in [0.15, 0.2) is 0 Å². The zero-order valence-electron chi connectivity index (χ0n) is 22.4. The van der Waals surface area contributed by atoms with E-state index in [1.54, 1.807) is 0 Å². The highest BCUT2D eigenvalue weighted by atomic mass is 35.5. The summed E-state index contributed by atoms with van der Waals surface area (Å²) in [6.07, 6.45) is 6.47. The third-order valence-electron chi connectivity index (χ3n) is 8.20. The first-order valence-corrected chi connectivity index (χ1v) is 14.2. The predicted molar refractivity (Wildman–Crippen MR) is 158 cm³/mol. The van der Waals surface area contributed by atoms with Gasteiger partial charge in [0.1, 0.15) is 0 Å². The fourth-order valence-electron chi connectivity index (χ4n) is 5.85. The van der Waals surface area contributed by atoms with Crippen LogP contribution in [0, 0.1) is 5.41 Å². The van der Waals surface area contributed by atoms with Crippen LogP contribution in [0.25, 0.3) is 0 Å². The van der Waals surface area contributed by atoms with Crippen molar-refractivity contribution in [3.63, 3.8) is 0 Å². The highest BCUT2D eigenvalue weighted by Gasteiger charge is 2.40. The average Bonchev–Trinajstić information content (AvgIpc) is 2.87. The smallest absolute Gasteiger partial charge is 0.226 e. The maximum atomic E-state index is 13.0. The number of carbonyl (C=O) groups excluding carboxylic acids is 1. The summed E-state index contributed by atoms with van der Waals surface area (Å²) in [7, 11) is 0. The van der Waals surface area contributed by atoms with Crippen molar-refractivity contribution < 1.29 is 4.79 Å². The van der Waals surface area contributed by atoms with Crippen LogP contribution in [0.3, 0.4) is 0 Å². The molecule has 2 aromatic rings. The minimum atomic E-state index is -0.411. The van der Waals surface area contributed by atoms with Gasteiger partial charge >= 0.3 is 0 Å². The molecule has 0 aromatic heterocycles. The largest absolute Gasteiger partial charge is 0.346 e. The minimum Gasteiger partial charge on any atom is -0.346 e. The van der Waals surface area contributed by atoms with Gasteiger partial charge in [-0.1, -0.05) is 80.4 Å². The van der Waals surface area contributed by atoms with E-state index in [1.165, 1.54) is 24.0 Å². The van der Waals surface area contributed by atoms with Gasteiger partial charge in [-0.3, -0.25) is 4.79 Å². The van der Waals surface area contributed by atoms with Crippen molar-refractivity contribution in [3.8, 4) is 0 Å². The Morgan fingerprint density at radius 3 is 2.30 bits per heavy atom. The summed E-state index contributed by atoms with van der Waals surface area (Å²) in [6, 6.07) is 16.7. The summed E-state index contributed by atoms with van der Waals surface area (Å²) in [4.78, 5) is 15.6. The van der Waals surface area contributed by atoms with Gasteiger partial charge in [-0.2, -0.15) is 0 Å². The van der Waals surface area contributed by atoms with Crippen LogP contribution in [0.4, 0.5) is 0 Å². The van der Waals surface area contributed by atoms with Crippen LogP contribution in [-0.2, 0) is 15.7 Å². The van der Waals surface area contributed by atoms with Gasteiger partial charge in [0.2, 0.25) is 5.91 Å². The molecule has 0 radical (unpaired) electrons. The van der Waals surface area contributed by atoms with E-state index in [9.17, 15) is 4.79 Å². The summed E-state index contributed by atoms with van der Waals surface area (Å²) in [5, 5.41) is 8.35. The lowest BCUT2D eigenvalue weighted by Crippen LogP contribution is -2.55. The number of hydrogen-bond acceptors (Lipinski definition) is 3. The number of piperidine rings is 2. The maximum Gasteiger partial charge on any atom is 0.226 e. The number of carbonyl (C=O) groups is 1. The van der Waals surface area contributed by atoms with Gasteiger partial charge in [0.25, 0.3) is 0 Å². The van der Waals surface area contributed by atoms with Crippen LogP contribution in [0.5, 0.6) is 0 Å². The van der Waals surface area contributed by atoms with Crippen molar-refractivity contribution >= 4 is 41.5 Å². The van der Waals surface area contributed by atoms with Crippen molar-refractivity contribution in [1.29, 1.82) is 0 Å². The van der Waals surface area contributed by atoms with Crippen molar-refractivity contribution in [1.82, 2.24) is 15.5 Å². The quantitative estimate of drug-likeness (QED) is 0.380. The predicted octanol–water partition coefficient (Wildman–Crippen LogP) is 6.97. The zero-order chi connectivity index (χ0) is 25.8. The lowest BCUT2D eigenvalue weighted by molar-refractivity contribution is -0.131. The molecule has 2 aliphatic heterocycles. The molecule has 1 unspecified atom stereocenters. The van der Waals surface area contributed by atoms with Crippen molar-refractivity contribution in [3.05, 3.63) is 69.7 Å². The Morgan fingerprint density at radius 2 is 1.70 bits per heavy atom. The van der Waals surface area contributed by atoms with Crippen LogP contribution in [0.2, 0.25) is 10.0 Å². The minimum absolute atomic E-state index is 0. The Bertz CT molecular complexity index is 1020. The monoisotopic (exact) mass is 565 g/mol. The summed E-state index contributed by atoms with van der Waals surface area (Å²) in [5.74, 6) is 0.119. The SMILES string of the molecule is CC(C)(C)C(=O)NC1(c2ccccc2)CCN(CCCC2(c3ccc(Cl)c(Cl)c3)CCCNC2)CC1.Cl. The van der Waals surface area contributed by atoms with Gasteiger partial charge in [0.05, 0.1) is 15.6 Å². The molecule has 204 valence electrons. The third-order valence-corrected chi connectivity index (χ3v) is 8.94. The van der Waals surface area contributed by atoms with Crippen molar-refractivity contribution in [2.75, 3.05) is 32.7 Å². The Labute approximate surface area is 239 Å². The number of amides is 1. The van der Waals surface area contributed by atoms with Crippen LogP contribution in [0.1, 0.15) is 70.4 Å². The van der Waals surface area contributed by atoms with Gasteiger partial charge in [-0.05, 0) is 74.9 Å². The lowest BCUT2D eigenvalue weighted by Gasteiger charge is -2.44. The summed E-state index contributed by atoms with van der Waals surface area (Å²) in [6.45, 7) is 11.1. The van der Waals surface area contributed by atoms with Gasteiger partial charge in [0, 0.05) is 30.5 Å². The molecule has 0 saturated carbocycles. The summed E-state index contributed by atoms with van der Waals surface area (Å²) in [5.41, 5.74) is 1.92. The summed E-state index contributed by atoms with van der Waals surface area (Å²) < 4.78 is 0. The number of halogens is 3. The maximum absolute atomic E-state index is 13.0. The molecule has 7 heteroatoms. The highest BCUT2D eigenvalue weighted by molar-refractivity contribution is 6.42. The number of likely N-dealkylation sites (tertiary alicyclic amines) is 1. The van der Waals surface area contributed by atoms with Gasteiger partial charge in [-0.15, -0.1) is 12.4 Å². The van der Waals surface area contributed by atoms with Crippen LogP contribution >= 0.6 is 35.6 Å². The lowest BCUT2D eigenvalue weighted by atomic mass is 9.71. The molecule has 0 aliphatic carbocycles. The third kappa shape index (κ3) is 7.22. The number of rotatable bonds is 7. The van der Waals surface area contributed by atoms with Crippen LogP contribution < -0.4 is 10.6 Å². The number of nitrogens with zero attached hydrogens (tertiary/aromatic N) is 1. The second-order valence-corrected chi connectivity index (χ2v) is 12.6. The first-order chi connectivity index (χ1) is 17.1. The Balaban J connectivity index is 0.00000380. The average molecular weight is 567 g/mol. The van der Waals surface area contributed by atoms with Crippen LogP contribution in [0.15, 0.2) is 48.5 Å². The van der Waals surface area contributed by atoms with E-state index < -0.39 is 5.41 Å². The van der Waals surface area contributed by atoms with E-state index in [4.69, 9.17) is 23.2 Å². The molecule has 2 heterocycles. The molecule has 2 N–H and O–H groups in total. The van der Waals surface area contributed by atoms with E-state index in [2.05, 4.69) is 51.9 Å². The molecule has 2 fully saturated rings. The molecule has 0 spiro atoms. The molecule has 1 amide bonds. The Morgan fingerprint density at radius 1 is 1.00 bits per heavy atom. The molecule has 37 heavy (non-hydrogen) atoms. The molecule has 4 nitrogen and oxygen atoms in total. The van der Waals surface area contributed by atoms with E-state index in [0.717, 1.165) is 58.4 Å². The Hall–Kier alpha value is -1.30. The molecular weight excluding hydrogens is 525 g/mol. The van der Waals surface area contributed by atoms with E-state index >= 15 is 0 Å². The fraction of sp³-hybridized carbons (Fsp3) is 0.567. The molecule has 0 bridgehead atoms. The number of nitrogens with one attached hydrogen (secondary N) is 2. The molecule has 2 aromatic carbocycles. The zero-order valence-corrected chi connectivity index (χ0v) is 24.7. The molecule has 2 saturated heterocycles. The fourth-order valence-corrected chi connectivity index (χ4v) is 6.14. The van der Waals surface area contributed by atoms with Crippen molar-refractivity contribution in [2.45, 2.75) is 70.3 Å². The van der Waals surface area contributed by atoms with Gasteiger partial charge in [-0.25, -0.2) is 0 Å². The van der Waals surface area contributed by atoms with Crippen molar-refractivity contribution in [2.24, 2.45) is 5.41 Å². The topological polar surface area (TPSA) is 44.4 Å². The normalized spacial score (nSPS) is 22.2. The standard InChI is InChI=1S/C30H41Cl2N3O.ClH/c1-28(2,3)27(36)34-30(23-9-5-4-6-10-23)15-19-35(20-16-30)18-8-14-29(13-7-17-33-22-29)24-11-12-25(31)26(32)21-24;/h4-6,9-12,21,33H,7-8,13-20,22H2,1-3H3,(H,34,36);1H. The molecular formula is C30H42Cl3N3O. The first-order valence-electron chi connectivity index (χ1n) is 13.4. The second kappa shape index (κ2) is 12.7. The van der Waals surface area contributed by atoms with E-state index in [0.29, 0.717) is 10.0 Å². The summed E-state index contributed by atoms with van der Waals surface area (Å²) >= 11 is 12.6. The van der Waals surface area contributed by atoms with Crippen LogP contribution in [-0.4, -0.2) is 43.5 Å². The van der Waals surface area contributed by atoms with Gasteiger partial charge < -0.3 is 15.5 Å². The number of benzene rings is 2. The highest BCUT2D eigenvalue weighted by Crippen LogP contribution is 2.39. The second-order valence-electron chi connectivity index (χ2n) is 11.8. The number of hydrogen-bond donors (Lipinski definition) is 2. The van der Waals surface area contributed by atoms with E-state index in [1.807, 2.05) is 32.9 Å². The van der Waals surface area contributed by atoms with E-state index in [-0.39, 0.29) is 29.3 Å². The molecule has 4 rings (SSSR count).